The van der Waals surface area contributed by atoms with Gasteiger partial charge in [-0.1, -0.05) is 19.1 Å². The molecule has 1 N–H and O–H groups in total. The van der Waals surface area contributed by atoms with Crippen LogP contribution in [0, 0.1) is 0 Å². The van der Waals surface area contributed by atoms with Crippen LogP contribution in [0.2, 0.25) is 0 Å². The van der Waals surface area contributed by atoms with Crippen LogP contribution in [-0.4, -0.2) is 20.3 Å². The third-order valence-corrected chi connectivity index (χ3v) is 3.20. The van der Waals surface area contributed by atoms with E-state index < -0.39 is 0 Å². The summed E-state index contributed by atoms with van der Waals surface area (Å²) in [4.78, 5) is 0. The van der Waals surface area contributed by atoms with Crippen LogP contribution in [0.3, 0.4) is 0 Å². The molecule has 1 saturated heterocycles. The lowest BCUT2D eigenvalue weighted by molar-refractivity contribution is -0.0619. The smallest absolute Gasteiger partial charge is 0.0585 e. The van der Waals surface area contributed by atoms with Gasteiger partial charge in [-0.15, -0.1) is 0 Å². The summed E-state index contributed by atoms with van der Waals surface area (Å²) < 4.78 is 5.34. The fourth-order valence-corrected chi connectivity index (χ4v) is 1.93. The summed E-state index contributed by atoms with van der Waals surface area (Å²) in [5, 5.41) is 3.17. The van der Waals surface area contributed by atoms with Crippen LogP contribution in [0.15, 0.2) is 24.3 Å². The molecular formula is C12H17NO. The van der Waals surface area contributed by atoms with Crippen molar-refractivity contribution in [3.8, 4) is 0 Å². The Balaban J connectivity index is 2.30. The van der Waals surface area contributed by atoms with E-state index in [-0.39, 0.29) is 5.41 Å². The van der Waals surface area contributed by atoms with E-state index in [9.17, 15) is 0 Å². The van der Waals surface area contributed by atoms with E-state index in [0.717, 1.165) is 19.6 Å². The molecule has 0 spiro atoms. The Bertz CT molecular complexity index is 312. The van der Waals surface area contributed by atoms with Crippen molar-refractivity contribution >= 4 is 5.69 Å². The normalized spacial score (nSPS) is 18.7. The number of rotatable bonds is 3. The zero-order valence-corrected chi connectivity index (χ0v) is 8.84. The Morgan fingerprint density at radius 1 is 1.43 bits per heavy atom. The summed E-state index contributed by atoms with van der Waals surface area (Å²) in [6.45, 7) is 3.97. The highest BCUT2D eigenvalue weighted by atomic mass is 16.5. The SMILES string of the molecule is CCC1(c2cccc(NC)c2)COC1. The van der Waals surface area contributed by atoms with Gasteiger partial charge in [-0.05, 0) is 24.1 Å². The molecule has 1 heterocycles. The van der Waals surface area contributed by atoms with Gasteiger partial charge >= 0.3 is 0 Å². The quantitative estimate of drug-likeness (QED) is 0.792. The number of benzene rings is 1. The van der Waals surface area contributed by atoms with Crippen molar-refractivity contribution < 1.29 is 4.74 Å². The Morgan fingerprint density at radius 2 is 2.21 bits per heavy atom. The monoisotopic (exact) mass is 191 g/mol. The van der Waals surface area contributed by atoms with Gasteiger partial charge in [0.2, 0.25) is 0 Å². The maximum absolute atomic E-state index is 5.34. The van der Waals surface area contributed by atoms with Crippen molar-refractivity contribution in [2.24, 2.45) is 0 Å². The third-order valence-electron chi connectivity index (χ3n) is 3.20. The number of hydrogen-bond acceptors (Lipinski definition) is 2. The molecule has 1 aromatic carbocycles. The Morgan fingerprint density at radius 3 is 2.71 bits per heavy atom. The first-order chi connectivity index (χ1) is 6.80. The summed E-state index contributed by atoms with van der Waals surface area (Å²) in [6, 6.07) is 8.63. The van der Waals surface area contributed by atoms with Gasteiger partial charge in [0.1, 0.15) is 0 Å². The largest absolute Gasteiger partial charge is 0.388 e. The van der Waals surface area contributed by atoms with E-state index in [1.807, 2.05) is 7.05 Å². The molecule has 0 bridgehead atoms. The Kier molecular flexibility index (Phi) is 2.46. The molecule has 14 heavy (non-hydrogen) atoms. The molecular weight excluding hydrogens is 174 g/mol. The van der Waals surface area contributed by atoms with Crippen molar-refractivity contribution in [1.82, 2.24) is 0 Å². The van der Waals surface area contributed by atoms with Crippen molar-refractivity contribution in [2.75, 3.05) is 25.6 Å². The number of anilines is 1. The Hall–Kier alpha value is -1.02. The first kappa shape index (κ1) is 9.53. The van der Waals surface area contributed by atoms with Crippen molar-refractivity contribution in [2.45, 2.75) is 18.8 Å². The number of ether oxygens (including phenoxy) is 1. The molecule has 0 aliphatic carbocycles. The van der Waals surface area contributed by atoms with Crippen LogP contribution in [0.25, 0.3) is 0 Å². The van der Waals surface area contributed by atoms with Gasteiger partial charge in [0.25, 0.3) is 0 Å². The standard InChI is InChI=1S/C12H17NO/c1-3-12(8-14-9-12)10-5-4-6-11(7-10)13-2/h4-7,13H,3,8-9H2,1-2H3. The minimum Gasteiger partial charge on any atom is -0.388 e. The predicted molar refractivity (Wildman–Crippen MR) is 58.8 cm³/mol. The zero-order valence-electron chi connectivity index (χ0n) is 8.84. The van der Waals surface area contributed by atoms with Gasteiger partial charge < -0.3 is 10.1 Å². The summed E-state index contributed by atoms with van der Waals surface area (Å²) in [7, 11) is 1.95. The van der Waals surface area contributed by atoms with Gasteiger partial charge in [0, 0.05) is 18.2 Å². The number of nitrogens with one attached hydrogen (secondary N) is 1. The average molecular weight is 191 g/mol. The van der Waals surface area contributed by atoms with E-state index in [1.54, 1.807) is 0 Å². The lowest BCUT2D eigenvalue weighted by Crippen LogP contribution is -2.46. The minimum absolute atomic E-state index is 0.285. The lowest BCUT2D eigenvalue weighted by atomic mass is 9.76. The van der Waals surface area contributed by atoms with Crippen LogP contribution in [0.1, 0.15) is 18.9 Å². The van der Waals surface area contributed by atoms with Crippen LogP contribution >= 0.6 is 0 Å². The molecule has 0 atom stereocenters. The topological polar surface area (TPSA) is 21.3 Å². The number of hydrogen-bond donors (Lipinski definition) is 1. The van der Waals surface area contributed by atoms with Crippen LogP contribution in [0.5, 0.6) is 0 Å². The first-order valence-electron chi connectivity index (χ1n) is 5.17. The third kappa shape index (κ3) is 1.40. The fourth-order valence-electron chi connectivity index (χ4n) is 1.93. The van der Waals surface area contributed by atoms with Gasteiger partial charge in [-0.2, -0.15) is 0 Å². The van der Waals surface area contributed by atoms with E-state index in [4.69, 9.17) is 4.74 Å². The fraction of sp³-hybridized carbons (Fsp3) is 0.500. The molecule has 0 amide bonds. The molecule has 1 aliphatic rings. The molecule has 1 fully saturated rings. The lowest BCUT2D eigenvalue weighted by Gasteiger charge is -2.41. The Labute approximate surface area is 85.3 Å². The molecule has 1 aliphatic heterocycles. The molecule has 1 aromatic rings. The maximum atomic E-state index is 5.34. The summed E-state index contributed by atoms with van der Waals surface area (Å²) in [5.74, 6) is 0. The van der Waals surface area contributed by atoms with Crippen LogP contribution < -0.4 is 5.32 Å². The molecule has 76 valence electrons. The summed E-state index contributed by atoms with van der Waals surface area (Å²) in [5.41, 5.74) is 2.87. The van der Waals surface area contributed by atoms with Crippen molar-refractivity contribution in [1.29, 1.82) is 0 Å². The molecule has 2 rings (SSSR count). The van der Waals surface area contributed by atoms with Crippen molar-refractivity contribution in [3.63, 3.8) is 0 Å². The molecule has 2 heteroatoms. The molecule has 0 saturated carbocycles. The van der Waals surface area contributed by atoms with Crippen LogP contribution in [0.4, 0.5) is 5.69 Å². The van der Waals surface area contributed by atoms with Gasteiger partial charge in [0.15, 0.2) is 0 Å². The molecule has 2 nitrogen and oxygen atoms in total. The van der Waals surface area contributed by atoms with E-state index in [0.29, 0.717) is 0 Å². The van der Waals surface area contributed by atoms with Gasteiger partial charge in [0.05, 0.1) is 13.2 Å². The summed E-state index contributed by atoms with van der Waals surface area (Å²) in [6.07, 6.45) is 1.15. The zero-order chi connectivity index (χ0) is 10.0. The highest BCUT2D eigenvalue weighted by Gasteiger charge is 2.38. The van der Waals surface area contributed by atoms with Gasteiger partial charge in [-0.3, -0.25) is 0 Å². The highest BCUT2D eigenvalue weighted by molar-refractivity contribution is 5.47. The van der Waals surface area contributed by atoms with E-state index >= 15 is 0 Å². The van der Waals surface area contributed by atoms with E-state index in [1.165, 1.54) is 11.3 Å². The molecule has 0 unspecified atom stereocenters. The molecule has 0 radical (unpaired) electrons. The maximum Gasteiger partial charge on any atom is 0.0585 e. The van der Waals surface area contributed by atoms with E-state index in [2.05, 4.69) is 36.5 Å². The second-order valence-electron chi connectivity index (χ2n) is 3.96. The minimum atomic E-state index is 0.285. The first-order valence-corrected chi connectivity index (χ1v) is 5.17. The van der Waals surface area contributed by atoms with Gasteiger partial charge in [-0.25, -0.2) is 0 Å². The molecule has 0 aromatic heterocycles. The second kappa shape index (κ2) is 3.62. The average Bonchev–Trinajstić information content (AvgIpc) is 2.18. The van der Waals surface area contributed by atoms with Crippen molar-refractivity contribution in [3.05, 3.63) is 29.8 Å². The highest BCUT2D eigenvalue weighted by Crippen LogP contribution is 2.36. The predicted octanol–water partition coefficient (Wildman–Crippen LogP) is 2.41. The summed E-state index contributed by atoms with van der Waals surface area (Å²) >= 11 is 0. The van der Waals surface area contributed by atoms with Crippen LogP contribution in [-0.2, 0) is 10.2 Å². The second-order valence-corrected chi connectivity index (χ2v) is 3.96.